The zero-order valence-corrected chi connectivity index (χ0v) is 28.0. The van der Waals surface area contributed by atoms with E-state index in [0.29, 0.717) is 46.8 Å². The molecule has 0 saturated heterocycles. The number of benzene rings is 4. The molecule has 5 heterocycles. The van der Waals surface area contributed by atoms with E-state index in [1.165, 1.54) is 0 Å². The highest BCUT2D eigenvalue weighted by Gasteiger charge is 2.43. The van der Waals surface area contributed by atoms with Gasteiger partial charge in [-0.15, -0.1) is 0 Å². The number of ether oxygens (including phenoxy) is 2. The van der Waals surface area contributed by atoms with Crippen molar-refractivity contribution in [1.82, 2.24) is 9.97 Å². The summed E-state index contributed by atoms with van der Waals surface area (Å²) >= 11 is 0. The first-order valence-corrected chi connectivity index (χ1v) is 17.4. The number of hydrogen-bond donors (Lipinski definition) is 2. The number of hydrogen-bond acceptors (Lipinski definition) is 8. The summed E-state index contributed by atoms with van der Waals surface area (Å²) in [6, 6.07) is 32.2. The molecule has 4 aromatic carbocycles. The van der Waals surface area contributed by atoms with Crippen molar-refractivity contribution in [1.29, 1.82) is 0 Å². The molecule has 9 rings (SSSR count). The molecule has 0 amide bonds. The quantitative estimate of drug-likeness (QED) is 0.206. The highest BCUT2D eigenvalue weighted by atomic mass is 16.5. The molecule has 50 heavy (non-hydrogen) atoms. The molecule has 8 bridgehead atoms. The maximum Gasteiger partial charge on any atom is 0.289 e. The molecular weight excluding hydrogens is 624 g/mol. The van der Waals surface area contributed by atoms with Crippen LogP contribution in [0.25, 0.3) is 21.5 Å². The average molecular weight is 661 g/mol. The highest BCUT2D eigenvalue weighted by Crippen LogP contribution is 2.40. The monoisotopic (exact) mass is 660 g/mol. The van der Waals surface area contributed by atoms with E-state index in [9.17, 15) is 0 Å². The Balaban J connectivity index is 1.43. The first-order valence-electron chi connectivity index (χ1n) is 17.4. The Labute approximate surface area is 287 Å². The van der Waals surface area contributed by atoms with Crippen LogP contribution in [0.3, 0.4) is 0 Å². The molecule has 0 aliphatic carbocycles. The predicted molar refractivity (Wildman–Crippen MR) is 192 cm³/mol. The molecule has 2 atom stereocenters. The van der Waals surface area contributed by atoms with Gasteiger partial charge in [-0.3, -0.25) is 0 Å². The van der Waals surface area contributed by atoms with Gasteiger partial charge in [-0.2, -0.15) is 0 Å². The van der Waals surface area contributed by atoms with Crippen molar-refractivity contribution in [3.8, 4) is 0 Å². The van der Waals surface area contributed by atoms with Crippen molar-refractivity contribution < 1.29 is 9.47 Å². The van der Waals surface area contributed by atoms with E-state index in [4.69, 9.17) is 39.4 Å². The third kappa shape index (κ3) is 4.86. The van der Waals surface area contributed by atoms with Gasteiger partial charge in [-0.05, 0) is 12.8 Å². The van der Waals surface area contributed by atoms with Gasteiger partial charge in [0.15, 0.2) is 11.7 Å². The van der Waals surface area contributed by atoms with E-state index in [0.717, 1.165) is 69.5 Å². The second kappa shape index (κ2) is 12.1. The Kier molecular flexibility index (Phi) is 7.36. The van der Waals surface area contributed by atoms with Crippen LogP contribution in [0.4, 0.5) is 0 Å². The molecule has 0 saturated carbocycles. The molecule has 2 aromatic heterocycles. The minimum atomic E-state index is -1.36. The zero-order valence-electron chi connectivity index (χ0n) is 28.0. The van der Waals surface area contributed by atoms with E-state index in [1.54, 1.807) is 0 Å². The lowest BCUT2D eigenvalue weighted by Crippen LogP contribution is -2.28. The number of amidine groups is 2. The Morgan fingerprint density at radius 2 is 0.860 bits per heavy atom. The van der Waals surface area contributed by atoms with Gasteiger partial charge < -0.3 is 19.4 Å². The Bertz CT molecular complexity index is 2440. The van der Waals surface area contributed by atoms with Crippen molar-refractivity contribution >= 4 is 33.2 Å². The minimum absolute atomic E-state index is 0.475. The van der Waals surface area contributed by atoms with Crippen molar-refractivity contribution in [2.45, 2.75) is 51.2 Å². The summed E-state index contributed by atoms with van der Waals surface area (Å²) in [6.45, 7) is 5.23. The third-order valence-corrected chi connectivity index (χ3v) is 9.47. The van der Waals surface area contributed by atoms with Crippen LogP contribution < -0.4 is 22.0 Å². The van der Waals surface area contributed by atoms with Gasteiger partial charge in [0, 0.05) is 43.8 Å². The summed E-state index contributed by atoms with van der Waals surface area (Å²) in [5, 5.41) is 3.60. The van der Waals surface area contributed by atoms with Crippen LogP contribution in [0.1, 0.15) is 61.8 Å². The van der Waals surface area contributed by atoms with Crippen LogP contribution in [-0.2, 0) is 21.2 Å². The van der Waals surface area contributed by atoms with Crippen LogP contribution in [-0.4, -0.2) is 34.9 Å². The third-order valence-electron chi connectivity index (χ3n) is 9.47. The Morgan fingerprint density at radius 3 is 1.28 bits per heavy atom. The first kappa shape index (κ1) is 30.5. The van der Waals surface area contributed by atoms with Crippen LogP contribution in [0.5, 0.6) is 0 Å². The number of H-pyrrole nitrogens is 2. The lowest BCUT2D eigenvalue weighted by atomic mass is 10.1. The number of unbranched alkanes of at least 4 members (excludes halogenated alkanes) is 2. The Hall–Kier alpha value is -5.58. The van der Waals surface area contributed by atoms with Crippen molar-refractivity contribution in [2.24, 2.45) is 30.0 Å². The second-order valence-corrected chi connectivity index (χ2v) is 12.8. The maximum atomic E-state index is 6.69. The molecule has 6 aromatic rings. The molecule has 10 heteroatoms. The van der Waals surface area contributed by atoms with Gasteiger partial charge in [-0.1, -0.05) is 124 Å². The number of nitrogens with zero attached hydrogens (tertiary/aromatic N) is 6. The summed E-state index contributed by atoms with van der Waals surface area (Å²) in [5.41, 5.74) is 5.84. The molecule has 0 unspecified atom stereocenters. The molecular formula is C40H36N8O2. The lowest BCUT2D eigenvalue weighted by Gasteiger charge is -2.23. The molecule has 0 spiro atoms. The van der Waals surface area contributed by atoms with Crippen molar-refractivity contribution in [3.63, 3.8) is 0 Å². The minimum Gasteiger partial charge on any atom is -0.332 e. The van der Waals surface area contributed by atoms with Gasteiger partial charge in [0.2, 0.25) is 0 Å². The van der Waals surface area contributed by atoms with Gasteiger partial charge in [0.05, 0.1) is 13.2 Å². The highest BCUT2D eigenvalue weighted by molar-refractivity contribution is 6.05. The molecule has 0 radical (unpaired) electrons. The largest absolute Gasteiger partial charge is 0.332 e. The smallest absolute Gasteiger partial charge is 0.289 e. The normalized spacial score (nSPS) is 21.6. The molecule has 3 aliphatic rings. The average Bonchev–Trinajstić information content (AvgIpc) is 3.85. The number of aromatic nitrogens is 2. The lowest BCUT2D eigenvalue weighted by molar-refractivity contribution is -0.0392. The van der Waals surface area contributed by atoms with E-state index in [-0.39, 0.29) is 0 Å². The first-order chi connectivity index (χ1) is 24.6. The van der Waals surface area contributed by atoms with Crippen molar-refractivity contribution in [2.75, 3.05) is 13.2 Å². The predicted octanol–water partition coefficient (Wildman–Crippen LogP) is 5.62. The fourth-order valence-corrected chi connectivity index (χ4v) is 6.95. The van der Waals surface area contributed by atoms with E-state index >= 15 is 0 Å². The summed E-state index contributed by atoms with van der Waals surface area (Å²) < 4.78 is 13.4. The molecule has 248 valence electrons. The summed E-state index contributed by atoms with van der Waals surface area (Å²) in [7, 11) is 0. The van der Waals surface area contributed by atoms with Crippen LogP contribution >= 0.6 is 0 Å². The maximum absolute atomic E-state index is 6.69. The molecule has 3 aliphatic heterocycles. The summed E-state index contributed by atoms with van der Waals surface area (Å²) in [5.74, 6) is -1.68. The molecule has 10 nitrogen and oxygen atoms in total. The van der Waals surface area contributed by atoms with Gasteiger partial charge in [-0.25, -0.2) is 30.0 Å². The van der Waals surface area contributed by atoms with Gasteiger partial charge in [0.25, 0.3) is 11.7 Å². The van der Waals surface area contributed by atoms with Gasteiger partial charge >= 0.3 is 0 Å². The number of aliphatic imine (C=N–C) groups is 2. The summed E-state index contributed by atoms with van der Waals surface area (Å²) in [6.07, 6.45) is 3.67. The number of fused-ring (bicyclic) bond motifs is 18. The SMILES string of the molecule is CCCCO[C@@]12N=C(N=c3[nH]/c(c4ccccc34)=N\[C@@]3(OCCCC)N=C(N=c4[nH]/c(c5ccccc45)=N\1)c1ccccc13)c1ccccc12. The van der Waals surface area contributed by atoms with E-state index in [1.807, 2.05) is 97.1 Å². The second-order valence-electron chi connectivity index (χ2n) is 12.8. The standard InChI is InChI=1S/C40H36N8O2/c1-3-5-23-49-39-31-21-13-11-19-29(31)37(47-39)43-34-26-16-8-10-18-28(26)36(42-34)46-40(50-24-6-4-2)32-22-14-12-20-30(32)38(48-40)44-33-25-15-7-9-17-27(25)35(41-33)45-39/h7-22H,3-6,23-24H2,1-2H3,(H,41,44,45,48)(H,42,43,46,47)/t39-,40-/m1/s1. The van der Waals surface area contributed by atoms with E-state index in [2.05, 4.69) is 23.8 Å². The van der Waals surface area contributed by atoms with E-state index < -0.39 is 11.7 Å². The zero-order chi connectivity index (χ0) is 33.7. The van der Waals surface area contributed by atoms with Crippen molar-refractivity contribution in [3.05, 3.63) is 141 Å². The van der Waals surface area contributed by atoms with Gasteiger partial charge in [0.1, 0.15) is 22.0 Å². The van der Waals surface area contributed by atoms with Crippen LogP contribution in [0.2, 0.25) is 0 Å². The van der Waals surface area contributed by atoms with Crippen LogP contribution in [0.15, 0.2) is 127 Å². The molecule has 0 fully saturated rings. The number of nitrogens with one attached hydrogen (secondary N) is 2. The Morgan fingerprint density at radius 1 is 0.480 bits per heavy atom. The number of rotatable bonds is 8. The topological polar surface area (TPSA) is 124 Å². The van der Waals surface area contributed by atoms with Crippen LogP contribution in [0, 0.1) is 0 Å². The summed E-state index contributed by atoms with van der Waals surface area (Å²) in [4.78, 5) is 38.5. The fourth-order valence-electron chi connectivity index (χ4n) is 6.95. The fraction of sp³-hybridized carbons (Fsp3) is 0.250. The molecule has 2 N–H and O–H groups in total. The number of aromatic amines is 2.